The predicted octanol–water partition coefficient (Wildman–Crippen LogP) is 4.69. The van der Waals surface area contributed by atoms with Crippen LogP contribution in [-0.4, -0.2) is 100 Å². The average Bonchev–Trinajstić information content (AvgIpc) is 3.76. The van der Waals surface area contributed by atoms with Gasteiger partial charge in [-0.2, -0.15) is 13.2 Å². The first-order valence-corrected chi connectivity index (χ1v) is 17.0. The zero-order valence-corrected chi connectivity index (χ0v) is 28.9. The molecule has 1 aromatic carbocycles. The Morgan fingerprint density at radius 2 is 1.86 bits per heavy atom. The number of alkyl halides is 3. The van der Waals surface area contributed by atoms with E-state index in [0.717, 1.165) is 75.5 Å². The Balaban J connectivity index is 0.00000486. The van der Waals surface area contributed by atoms with Crippen molar-refractivity contribution in [2.75, 3.05) is 64.2 Å². The van der Waals surface area contributed by atoms with Crippen molar-refractivity contribution in [1.29, 1.82) is 0 Å². The molecule has 12 nitrogen and oxygen atoms in total. The van der Waals surface area contributed by atoms with E-state index in [4.69, 9.17) is 0 Å². The number of aromatic nitrogens is 3. The van der Waals surface area contributed by atoms with Gasteiger partial charge in [-0.1, -0.05) is 6.07 Å². The van der Waals surface area contributed by atoms with Crippen molar-refractivity contribution in [3.8, 4) is 21.7 Å². The largest absolute Gasteiger partial charge is 0.477 e. The second kappa shape index (κ2) is 15.9. The number of anilines is 1. The molecular weight excluding hydrogens is 697 g/mol. The minimum absolute atomic E-state index is 0. The van der Waals surface area contributed by atoms with Crippen molar-refractivity contribution < 1.29 is 27.9 Å². The number of fused-ring (bicyclic) bond motifs is 1. The lowest BCUT2D eigenvalue weighted by Gasteiger charge is -2.29. The van der Waals surface area contributed by atoms with Gasteiger partial charge in [0.2, 0.25) is 5.43 Å². The van der Waals surface area contributed by atoms with Crippen molar-refractivity contribution in [1.82, 2.24) is 35.0 Å². The number of carbonyl (C=O) groups excluding carboxylic acids is 1. The summed E-state index contributed by atoms with van der Waals surface area (Å²) in [6, 6.07) is 5.88. The van der Waals surface area contributed by atoms with E-state index in [1.807, 2.05) is 4.57 Å². The van der Waals surface area contributed by atoms with Crippen LogP contribution in [0.5, 0.6) is 0 Å². The van der Waals surface area contributed by atoms with Crippen LogP contribution in [0.1, 0.15) is 29.4 Å². The molecule has 0 saturated carbocycles. The van der Waals surface area contributed by atoms with Crippen LogP contribution in [-0.2, 0) is 12.7 Å². The second-order valence-corrected chi connectivity index (χ2v) is 13.1. The van der Waals surface area contributed by atoms with Crippen LogP contribution in [0.15, 0.2) is 46.8 Å². The standard InChI is InChI=1S/C33H37F3N8O4S.ClH/c1-2-38-32(48)41-28-14-22(30-40-27(19-49-30)33(34,35)36)24(15-39-28)21-3-4-26-23(13-21)29(45)25(31(46)47)18-44(26)17-20-5-8-43(16-20)12-11-42-9-6-37-7-10-42;/h3-4,13-15,18-20,37H,2,5-12,16-17H2,1H3,(H,46,47)(H2,38,39,41,48);1H. The molecule has 1 unspecified atom stereocenters. The zero-order valence-electron chi connectivity index (χ0n) is 27.3. The summed E-state index contributed by atoms with van der Waals surface area (Å²) < 4.78 is 42.3. The SMILES string of the molecule is CCNC(=O)Nc1cc(-c2nc(C(F)(F)F)cs2)c(-c2ccc3c(c2)c(=O)c(C(=O)O)cn3CC2CCN(CCN3CCNCC3)C2)cn1.Cl. The maximum Gasteiger partial charge on any atom is 0.434 e. The summed E-state index contributed by atoms with van der Waals surface area (Å²) >= 11 is 0.781. The van der Waals surface area contributed by atoms with E-state index < -0.39 is 29.3 Å². The van der Waals surface area contributed by atoms with Crippen molar-refractivity contribution in [3.63, 3.8) is 0 Å². The number of carboxylic acids is 1. The van der Waals surface area contributed by atoms with Gasteiger partial charge < -0.3 is 25.2 Å². The number of nitrogens with one attached hydrogen (secondary N) is 3. The molecule has 4 N–H and O–H groups in total. The number of hydrogen-bond donors (Lipinski definition) is 4. The molecule has 2 fully saturated rings. The Morgan fingerprint density at radius 1 is 1.10 bits per heavy atom. The Kier molecular flexibility index (Phi) is 11.8. The molecule has 2 amide bonds. The third kappa shape index (κ3) is 8.43. The summed E-state index contributed by atoms with van der Waals surface area (Å²) in [6.45, 7) is 10.4. The Morgan fingerprint density at radius 3 is 2.56 bits per heavy atom. The van der Waals surface area contributed by atoms with E-state index >= 15 is 0 Å². The third-order valence-electron chi connectivity index (χ3n) is 8.90. The summed E-state index contributed by atoms with van der Waals surface area (Å²) in [4.78, 5) is 50.9. The Hall–Kier alpha value is -4.09. The number of urea groups is 1. The number of benzene rings is 1. The molecule has 50 heavy (non-hydrogen) atoms. The molecule has 5 heterocycles. The highest BCUT2D eigenvalue weighted by Crippen LogP contribution is 2.39. The van der Waals surface area contributed by atoms with E-state index in [9.17, 15) is 32.7 Å². The van der Waals surface area contributed by atoms with Gasteiger partial charge in [-0.25, -0.2) is 19.6 Å². The lowest BCUT2D eigenvalue weighted by Crippen LogP contribution is -2.46. The minimum Gasteiger partial charge on any atom is -0.477 e. The average molecular weight is 735 g/mol. The summed E-state index contributed by atoms with van der Waals surface area (Å²) in [7, 11) is 0. The van der Waals surface area contributed by atoms with E-state index in [1.54, 1.807) is 25.1 Å². The topological polar surface area (TPSA) is 145 Å². The monoisotopic (exact) mass is 734 g/mol. The van der Waals surface area contributed by atoms with Gasteiger partial charge in [-0.3, -0.25) is 15.0 Å². The maximum absolute atomic E-state index is 13.5. The molecule has 6 rings (SSSR count). The molecular formula is C33H38ClF3N8O4S. The number of likely N-dealkylation sites (tertiary alicyclic amines) is 1. The molecule has 0 bridgehead atoms. The molecule has 2 aliphatic heterocycles. The fourth-order valence-corrected chi connectivity index (χ4v) is 7.27. The van der Waals surface area contributed by atoms with Crippen LogP contribution in [0, 0.1) is 5.92 Å². The van der Waals surface area contributed by atoms with Crippen LogP contribution in [0.2, 0.25) is 0 Å². The van der Waals surface area contributed by atoms with Gasteiger partial charge >= 0.3 is 18.2 Å². The number of carbonyl (C=O) groups is 2. The lowest BCUT2D eigenvalue weighted by molar-refractivity contribution is -0.140. The van der Waals surface area contributed by atoms with E-state index in [-0.39, 0.29) is 45.7 Å². The molecule has 3 aromatic heterocycles. The number of thiazole rings is 1. The van der Waals surface area contributed by atoms with E-state index in [1.165, 1.54) is 18.5 Å². The normalized spacial score (nSPS) is 17.1. The first-order valence-electron chi connectivity index (χ1n) is 16.1. The summed E-state index contributed by atoms with van der Waals surface area (Å²) in [6.07, 6.45) is -0.930. The van der Waals surface area contributed by atoms with Gasteiger partial charge in [0.25, 0.3) is 0 Å². The number of carboxylic acid groups (broad SMARTS) is 1. The number of piperazine rings is 1. The van der Waals surface area contributed by atoms with Crippen LogP contribution in [0.3, 0.4) is 0 Å². The van der Waals surface area contributed by atoms with Gasteiger partial charge in [-0.05, 0) is 49.6 Å². The van der Waals surface area contributed by atoms with Gasteiger partial charge in [0.05, 0.1) is 5.52 Å². The highest BCUT2D eigenvalue weighted by Gasteiger charge is 2.34. The molecule has 0 aliphatic carbocycles. The van der Waals surface area contributed by atoms with Crippen molar-refractivity contribution in [2.45, 2.75) is 26.1 Å². The maximum atomic E-state index is 13.5. The van der Waals surface area contributed by atoms with Gasteiger partial charge in [-0.15, -0.1) is 23.7 Å². The van der Waals surface area contributed by atoms with Crippen LogP contribution >= 0.6 is 23.7 Å². The first-order chi connectivity index (χ1) is 23.5. The van der Waals surface area contributed by atoms with Crippen molar-refractivity contribution in [3.05, 3.63) is 63.5 Å². The molecule has 2 aliphatic rings. The highest BCUT2D eigenvalue weighted by atomic mass is 35.5. The number of rotatable bonds is 10. The quantitative estimate of drug-likeness (QED) is 0.182. The smallest absolute Gasteiger partial charge is 0.434 e. The van der Waals surface area contributed by atoms with Gasteiger partial charge in [0.15, 0.2) is 5.69 Å². The zero-order chi connectivity index (χ0) is 34.7. The molecule has 4 aromatic rings. The molecule has 268 valence electrons. The number of halogens is 4. The van der Waals surface area contributed by atoms with E-state index in [0.29, 0.717) is 29.7 Å². The lowest BCUT2D eigenvalue weighted by atomic mass is 9.99. The number of pyridine rings is 2. The molecule has 1 atom stereocenters. The minimum atomic E-state index is -4.66. The molecule has 0 spiro atoms. The van der Waals surface area contributed by atoms with Crippen LogP contribution < -0.4 is 21.4 Å². The number of amides is 2. The molecule has 2 saturated heterocycles. The predicted molar refractivity (Wildman–Crippen MR) is 188 cm³/mol. The van der Waals surface area contributed by atoms with Gasteiger partial charge in [0.1, 0.15) is 16.4 Å². The first kappa shape index (κ1) is 37.2. The van der Waals surface area contributed by atoms with Crippen LogP contribution in [0.4, 0.5) is 23.8 Å². The van der Waals surface area contributed by atoms with Gasteiger partial charge in [0, 0.05) is 93.2 Å². The summed E-state index contributed by atoms with van der Waals surface area (Å²) in [5.41, 5.74) is -0.507. The van der Waals surface area contributed by atoms with E-state index in [2.05, 4.69) is 35.7 Å². The van der Waals surface area contributed by atoms with Crippen molar-refractivity contribution >= 4 is 52.5 Å². The van der Waals surface area contributed by atoms with Crippen LogP contribution in [0.25, 0.3) is 32.6 Å². The summed E-state index contributed by atoms with van der Waals surface area (Å²) in [5.74, 6) is -1.01. The fraction of sp³-hybridized carbons (Fsp3) is 0.424. The number of aromatic carboxylic acids is 1. The number of hydrogen-bond acceptors (Lipinski definition) is 9. The van der Waals surface area contributed by atoms with Crippen molar-refractivity contribution in [2.24, 2.45) is 5.92 Å². The Bertz CT molecular complexity index is 1910. The summed E-state index contributed by atoms with van der Waals surface area (Å²) in [5, 5.41) is 19.6. The fourth-order valence-electron chi connectivity index (χ4n) is 6.41. The highest BCUT2D eigenvalue weighted by molar-refractivity contribution is 7.13. The Labute approximate surface area is 296 Å². The second-order valence-electron chi connectivity index (χ2n) is 12.2. The molecule has 0 radical (unpaired) electrons. The molecule has 17 heteroatoms. The third-order valence-corrected chi connectivity index (χ3v) is 9.77. The number of nitrogens with zero attached hydrogens (tertiary/aromatic N) is 5.